The molecule has 0 spiro atoms. The molecule has 0 saturated carbocycles. The fraction of sp³-hybridized carbons (Fsp3) is 0.750. The first-order valence-corrected chi connectivity index (χ1v) is 22.3. The van der Waals surface area contributed by atoms with E-state index in [0.29, 0.717) is 24.3 Å². The van der Waals surface area contributed by atoms with Gasteiger partial charge in [0.15, 0.2) is 6.10 Å². The summed E-state index contributed by atoms with van der Waals surface area (Å²) in [7, 11) is -5.32. The number of aliphatic hydroxyl groups is 1. The Labute approximate surface area is 296 Å². The number of hydrogen-bond acceptors (Lipinski definition) is 9. The molecule has 1 aromatic carbocycles. The maximum atomic E-state index is 13.8. The van der Waals surface area contributed by atoms with Crippen LogP contribution in [0.2, 0.25) is 33.2 Å². The van der Waals surface area contributed by atoms with Gasteiger partial charge >= 0.3 is 5.97 Å². The van der Waals surface area contributed by atoms with Gasteiger partial charge in [-0.2, -0.15) is 0 Å². The van der Waals surface area contributed by atoms with Crippen LogP contribution in [0, 0.1) is 0 Å². The highest BCUT2D eigenvalue weighted by molar-refractivity contribution is 6.78. The Morgan fingerprint density at radius 2 is 1.42 bits per heavy atom. The highest BCUT2D eigenvalue weighted by Crippen LogP contribution is 2.49. The molecule has 1 N–H and O–H groups in total. The van der Waals surface area contributed by atoms with Crippen LogP contribution in [-0.4, -0.2) is 71.6 Å². The van der Waals surface area contributed by atoms with Crippen LogP contribution in [-0.2, 0) is 38.0 Å². The Kier molecular flexibility index (Phi) is 14.4. The molecule has 2 aliphatic rings. The molecule has 3 rings (SSSR count). The van der Waals surface area contributed by atoms with Crippen LogP contribution in [0.25, 0.3) is 0 Å². The third kappa shape index (κ3) is 8.10. The summed E-state index contributed by atoms with van der Waals surface area (Å²) in [5.74, 6) is -0.303. The number of esters is 1. The average molecular weight is 730 g/mol. The van der Waals surface area contributed by atoms with Gasteiger partial charge in [-0.05, 0) is 39.3 Å². The Bertz CT molecular complexity index is 1160. The largest absolute Gasteiger partial charge is 0.462 e. The van der Waals surface area contributed by atoms with Crippen molar-refractivity contribution in [3.8, 4) is 5.75 Å². The molecule has 1 aromatic rings. The van der Waals surface area contributed by atoms with Gasteiger partial charge in [0, 0.05) is 12.0 Å². The van der Waals surface area contributed by atoms with Crippen molar-refractivity contribution in [3.63, 3.8) is 0 Å². The van der Waals surface area contributed by atoms with Gasteiger partial charge in [0.25, 0.3) is 0 Å². The second-order valence-electron chi connectivity index (χ2n) is 15.1. The Morgan fingerprint density at radius 1 is 0.917 bits per heavy atom. The van der Waals surface area contributed by atoms with Gasteiger partial charge < -0.3 is 28.2 Å². The summed E-state index contributed by atoms with van der Waals surface area (Å²) in [4.78, 5) is 24.5. The molecule has 0 radical (unpaired) electrons. The molecule has 0 bridgehead atoms. The van der Waals surface area contributed by atoms with E-state index in [-0.39, 0.29) is 39.9 Å². The molecule has 1 unspecified atom stereocenters. The van der Waals surface area contributed by atoms with Crippen LogP contribution >= 0.6 is 11.6 Å². The second kappa shape index (κ2) is 16.8. The molecule has 0 aromatic heterocycles. The normalized spacial score (nSPS) is 27.1. The highest BCUT2D eigenvalue weighted by atomic mass is 35.5. The third-order valence-corrected chi connectivity index (χ3v) is 23.1. The van der Waals surface area contributed by atoms with Gasteiger partial charge in [-0.25, -0.2) is 14.6 Å². The van der Waals surface area contributed by atoms with Gasteiger partial charge in [0.1, 0.15) is 30.7 Å². The number of para-hydroxylation sites is 1. The average Bonchev–Trinajstić information content (AvgIpc) is 3.45. The minimum atomic E-state index is -2.66. The minimum Gasteiger partial charge on any atom is -0.462 e. The van der Waals surface area contributed by atoms with Crippen LogP contribution in [0.15, 0.2) is 36.9 Å². The van der Waals surface area contributed by atoms with Crippen molar-refractivity contribution in [1.29, 1.82) is 0 Å². The van der Waals surface area contributed by atoms with E-state index in [9.17, 15) is 9.90 Å². The molecule has 0 aliphatic carbocycles. The first-order valence-electron chi connectivity index (χ1n) is 17.6. The number of halogens is 1. The summed E-state index contributed by atoms with van der Waals surface area (Å²) >= 11 is 6.90. The summed E-state index contributed by atoms with van der Waals surface area (Å²) in [6.45, 7) is 30.0. The van der Waals surface area contributed by atoms with Gasteiger partial charge in [0.05, 0.1) is 6.61 Å². The summed E-state index contributed by atoms with van der Waals surface area (Å²) in [5.41, 5.74) is 1.65. The van der Waals surface area contributed by atoms with Crippen LogP contribution in [0.5, 0.6) is 5.75 Å². The van der Waals surface area contributed by atoms with E-state index < -0.39 is 58.4 Å². The number of hydrogen-bond donors (Lipinski definition) is 1. The molecule has 2 aliphatic heterocycles. The lowest BCUT2D eigenvalue weighted by Crippen LogP contribution is -2.68. The first kappa shape index (κ1) is 41.1. The predicted molar refractivity (Wildman–Crippen MR) is 194 cm³/mol. The zero-order valence-electron chi connectivity index (χ0n) is 31.2. The van der Waals surface area contributed by atoms with Crippen LogP contribution < -0.4 is 4.74 Å². The van der Waals surface area contributed by atoms with Crippen LogP contribution in [0.1, 0.15) is 95.1 Å². The first-order chi connectivity index (χ1) is 22.4. The van der Waals surface area contributed by atoms with Crippen molar-refractivity contribution < 1.29 is 42.7 Å². The molecule has 0 amide bonds. The van der Waals surface area contributed by atoms with E-state index in [1.54, 1.807) is 12.1 Å². The Hall–Kier alpha value is -1.29. The number of rotatable bonds is 16. The molecule has 6 atom stereocenters. The minimum absolute atomic E-state index is 0.0207. The zero-order valence-corrected chi connectivity index (χ0v) is 33.9. The van der Waals surface area contributed by atoms with Crippen LogP contribution in [0.4, 0.5) is 0 Å². The summed E-state index contributed by atoms with van der Waals surface area (Å²) in [6, 6.07) is 7.21. The number of benzene rings is 1. The molecule has 9 nitrogen and oxygen atoms in total. The van der Waals surface area contributed by atoms with Gasteiger partial charge in [0.2, 0.25) is 28.0 Å². The Balaban J connectivity index is 2.24. The zero-order chi connectivity index (χ0) is 36.2. The topological polar surface area (TPSA) is 102 Å². The number of ether oxygens (including phenoxy) is 3. The summed E-state index contributed by atoms with van der Waals surface area (Å²) in [6.07, 6.45) is -3.99. The lowest BCUT2D eigenvalue weighted by molar-refractivity contribution is -0.291. The van der Waals surface area contributed by atoms with E-state index in [0.717, 1.165) is 0 Å². The fourth-order valence-electron chi connectivity index (χ4n) is 8.41. The highest BCUT2D eigenvalue weighted by Gasteiger charge is 2.59. The van der Waals surface area contributed by atoms with Gasteiger partial charge in [-0.15, -0.1) is 0 Å². The number of carbonyl (C=O) groups is 1. The monoisotopic (exact) mass is 728 g/mol. The quantitative estimate of drug-likeness (QED) is 0.0589. The van der Waals surface area contributed by atoms with E-state index >= 15 is 0 Å². The molecular formula is C36H61ClO9Si2. The lowest BCUT2D eigenvalue weighted by Gasteiger charge is -2.53. The maximum Gasteiger partial charge on any atom is 0.338 e. The maximum absolute atomic E-state index is 13.8. The molecule has 12 heteroatoms. The van der Waals surface area contributed by atoms with Crippen LogP contribution in [0.3, 0.4) is 0 Å². The second-order valence-corrected chi connectivity index (χ2v) is 26.6. The number of aliphatic hydroxyl groups excluding tert-OH is 1. The molecule has 274 valence electrons. The van der Waals surface area contributed by atoms with Crippen molar-refractivity contribution in [2.75, 3.05) is 13.2 Å². The standard InChI is InChI=1S/C36H61ClO9Si2/c1-14-20-40-34(39)33-31(44-47(22(2)3,23(4)5)24(6)7)30(38)32(45-48(25(8)9,26(10)11)27(12)13)35(43-33)42-29-18-16-15-17-28(29)36(37)19-21-41-46-36/h14-18,22-27,30-33,35,38H,1,19-21H2,2-13H3/t30-,31-,32+,33-,35+,36?/m0/s1. The molecule has 2 fully saturated rings. The van der Waals surface area contributed by atoms with Gasteiger partial charge in [-0.3, -0.25) is 0 Å². The Morgan fingerprint density at radius 3 is 1.88 bits per heavy atom. The summed E-state index contributed by atoms with van der Waals surface area (Å²) < 4.78 is 33.4. The van der Waals surface area contributed by atoms with Crippen molar-refractivity contribution in [1.82, 2.24) is 0 Å². The van der Waals surface area contributed by atoms with Crippen molar-refractivity contribution in [3.05, 3.63) is 42.5 Å². The van der Waals surface area contributed by atoms with Gasteiger partial charge in [-0.1, -0.05) is 126 Å². The summed E-state index contributed by atoms with van der Waals surface area (Å²) in [5, 5.41) is 11.3. The van der Waals surface area contributed by atoms with Crippen molar-refractivity contribution >= 4 is 34.2 Å². The van der Waals surface area contributed by atoms with Crippen molar-refractivity contribution in [2.24, 2.45) is 0 Å². The predicted octanol–water partition coefficient (Wildman–Crippen LogP) is 8.75. The van der Waals surface area contributed by atoms with E-state index in [1.807, 2.05) is 12.1 Å². The molecular weight excluding hydrogens is 668 g/mol. The SMILES string of the molecule is C=CCOC(=O)[C@H]1O[C@@H](Oc2ccccc2C2(Cl)CCOO2)[C@H](O[Si](C(C)C)(C(C)C)C(C)C)[C@@H](O)[C@@H]1O[Si](C(C)C)(C(C)C)C(C)C. The van der Waals surface area contributed by atoms with E-state index in [2.05, 4.69) is 89.7 Å². The lowest BCUT2D eigenvalue weighted by atomic mass is 9.98. The smallest absolute Gasteiger partial charge is 0.338 e. The van der Waals surface area contributed by atoms with E-state index in [1.165, 1.54) is 6.08 Å². The number of alkyl halides is 1. The van der Waals surface area contributed by atoms with E-state index in [4.69, 9.17) is 44.4 Å². The fourth-order valence-corrected chi connectivity index (χ4v) is 19.8. The van der Waals surface area contributed by atoms with Crippen molar-refractivity contribution in [2.45, 2.75) is 159 Å². The molecule has 2 saturated heterocycles. The molecule has 48 heavy (non-hydrogen) atoms. The molecule has 2 heterocycles. The number of carbonyl (C=O) groups excluding carboxylic acids is 1. The third-order valence-electron chi connectivity index (χ3n) is 10.4.